The average molecular weight is 262 g/mol. The minimum absolute atomic E-state index is 0.303. The molecule has 0 radical (unpaired) electrons. The number of rotatable bonds is 5. The fraction of sp³-hybridized carbons (Fsp3) is 0.688. The Morgan fingerprint density at radius 3 is 2.68 bits per heavy atom. The molecule has 3 nitrogen and oxygen atoms in total. The Labute approximate surface area is 116 Å². The van der Waals surface area contributed by atoms with E-state index in [0.717, 1.165) is 17.3 Å². The van der Waals surface area contributed by atoms with Crippen LogP contribution < -0.4 is 5.32 Å². The van der Waals surface area contributed by atoms with E-state index in [1.807, 2.05) is 13.0 Å². The van der Waals surface area contributed by atoms with Crippen molar-refractivity contribution < 1.29 is 5.11 Å². The minimum Gasteiger partial charge on any atom is -0.506 e. The van der Waals surface area contributed by atoms with Gasteiger partial charge in [0, 0.05) is 18.3 Å². The van der Waals surface area contributed by atoms with Gasteiger partial charge in [0.05, 0.1) is 5.69 Å². The molecule has 19 heavy (non-hydrogen) atoms. The normalized spacial score (nSPS) is 23.5. The van der Waals surface area contributed by atoms with Crippen LogP contribution in [0.25, 0.3) is 0 Å². The van der Waals surface area contributed by atoms with Crippen LogP contribution >= 0.6 is 0 Å². The van der Waals surface area contributed by atoms with Gasteiger partial charge < -0.3 is 10.4 Å². The van der Waals surface area contributed by atoms with Crippen molar-refractivity contribution in [2.75, 3.05) is 0 Å². The zero-order chi connectivity index (χ0) is 13.7. The lowest BCUT2D eigenvalue weighted by molar-refractivity contribution is 0.276. The number of aromatic hydroxyl groups is 1. The Kier molecular flexibility index (Phi) is 5.20. The van der Waals surface area contributed by atoms with E-state index in [9.17, 15) is 5.11 Å². The molecule has 1 fully saturated rings. The summed E-state index contributed by atoms with van der Waals surface area (Å²) in [5, 5.41) is 13.3. The SMILES string of the molecule is CCCC1CCC(NCc2nc(C)ccc2O)CC1. The van der Waals surface area contributed by atoms with E-state index in [4.69, 9.17) is 0 Å². The van der Waals surface area contributed by atoms with Crippen molar-refractivity contribution in [2.45, 2.75) is 65.0 Å². The van der Waals surface area contributed by atoms with Gasteiger partial charge in [0.25, 0.3) is 0 Å². The summed E-state index contributed by atoms with van der Waals surface area (Å²) >= 11 is 0. The zero-order valence-corrected chi connectivity index (χ0v) is 12.2. The van der Waals surface area contributed by atoms with Gasteiger partial charge in [0.1, 0.15) is 5.75 Å². The van der Waals surface area contributed by atoms with Crippen LogP contribution in [0.3, 0.4) is 0 Å². The lowest BCUT2D eigenvalue weighted by Crippen LogP contribution is -2.33. The fourth-order valence-electron chi connectivity index (χ4n) is 3.04. The molecule has 0 bridgehead atoms. The summed E-state index contributed by atoms with van der Waals surface area (Å²) in [5.41, 5.74) is 1.73. The molecule has 1 aliphatic rings. The first-order chi connectivity index (χ1) is 9.19. The molecule has 1 aromatic heterocycles. The lowest BCUT2D eigenvalue weighted by Gasteiger charge is -2.29. The highest BCUT2D eigenvalue weighted by atomic mass is 16.3. The predicted molar refractivity (Wildman–Crippen MR) is 78.1 cm³/mol. The van der Waals surface area contributed by atoms with E-state index in [1.165, 1.54) is 38.5 Å². The third-order valence-electron chi connectivity index (χ3n) is 4.19. The summed E-state index contributed by atoms with van der Waals surface area (Å²) in [6, 6.07) is 4.17. The number of aryl methyl sites for hydroxylation is 1. The van der Waals surface area contributed by atoms with Crippen molar-refractivity contribution >= 4 is 0 Å². The number of pyridine rings is 1. The molecular weight excluding hydrogens is 236 g/mol. The zero-order valence-electron chi connectivity index (χ0n) is 12.2. The second kappa shape index (κ2) is 6.90. The highest BCUT2D eigenvalue weighted by molar-refractivity contribution is 5.27. The molecule has 0 unspecified atom stereocenters. The van der Waals surface area contributed by atoms with Crippen LogP contribution in [-0.2, 0) is 6.54 Å². The molecule has 0 saturated heterocycles. The first kappa shape index (κ1) is 14.3. The van der Waals surface area contributed by atoms with Crippen LogP contribution in [-0.4, -0.2) is 16.1 Å². The lowest BCUT2D eigenvalue weighted by atomic mass is 9.83. The summed E-state index contributed by atoms with van der Waals surface area (Å²) < 4.78 is 0. The molecule has 1 saturated carbocycles. The largest absolute Gasteiger partial charge is 0.506 e. The molecule has 0 amide bonds. The summed E-state index contributed by atoms with van der Waals surface area (Å²) in [6.45, 7) is 4.91. The van der Waals surface area contributed by atoms with E-state index in [0.29, 0.717) is 18.3 Å². The first-order valence-electron chi connectivity index (χ1n) is 7.58. The molecule has 3 heteroatoms. The maximum atomic E-state index is 9.77. The highest BCUT2D eigenvalue weighted by Gasteiger charge is 2.20. The monoisotopic (exact) mass is 262 g/mol. The molecule has 1 aromatic rings. The van der Waals surface area contributed by atoms with Gasteiger partial charge in [-0.3, -0.25) is 4.98 Å². The molecule has 2 rings (SSSR count). The highest BCUT2D eigenvalue weighted by Crippen LogP contribution is 2.28. The van der Waals surface area contributed by atoms with Gasteiger partial charge in [-0.15, -0.1) is 0 Å². The maximum absolute atomic E-state index is 9.77. The van der Waals surface area contributed by atoms with E-state index < -0.39 is 0 Å². The molecule has 1 aliphatic carbocycles. The van der Waals surface area contributed by atoms with E-state index >= 15 is 0 Å². The summed E-state index contributed by atoms with van der Waals surface area (Å²) in [6.07, 6.45) is 7.91. The Balaban J connectivity index is 1.79. The van der Waals surface area contributed by atoms with Gasteiger partial charge in [-0.1, -0.05) is 19.8 Å². The topological polar surface area (TPSA) is 45.2 Å². The minimum atomic E-state index is 0.303. The fourth-order valence-corrected chi connectivity index (χ4v) is 3.04. The van der Waals surface area contributed by atoms with Gasteiger partial charge >= 0.3 is 0 Å². The van der Waals surface area contributed by atoms with Gasteiger partial charge in [0.2, 0.25) is 0 Å². The standard InChI is InChI=1S/C16H26N2O/c1-3-4-13-6-8-14(9-7-13)17-11-15-16(19)10-5-12(2)18-15/h5,10,13-14,17,19H,3-4,6-9,11H2,1-2H3. The van der Waals surface area contributed by atoms with Crippen LogP contribution in [0.1, 0.15) is 56.8 Å². The Morgan fingerprint density at radius 2 is 2.00 bits per heavy atom. The number of nitrogens with one attached hydrogen (secondary N) is 1. The summed E-state index contributed by atoms with van der Waals surface area (Å²) in [5.74, 6) is 1.24. The molecular formula is C16H26N2O. The summed E-state index contributed by atoms with van der Waals surface area (Å²) in [4.78, 5) is 4.39. The van der Waals surface area contributed by atoms with Gasteiger partial charge in [-0.25, -0.2) is 0 Å². The van der Waals surface area contributed by atoms with Gasteiger partial charge in [-0.05, 0) is 50.7 Å². The molecule has 0 spiro atoms. The number of hydrogen-bond acceptors (Lipinski definition) is 3. The third-order valence-corrected chi connectivity index (χ3v) is 4.19. The second-order valence-electron chi connectivity index (χ2n) is 5.81. The molecule has 1 heterocycles. The van der Waals surface area contributed by atoms with Crippen molar-refractivity contribution in [3.63, 3.8) is 0 Å². The van der Waals surface area contributed by atoms with Crippen molar-refractivity contribution in [1.29, 1.82) is 0 Å². The number of nitrogens with zero attached hydrogens (tertiary/aromatic N) is 1. The predicted octanol–water partition coefficient (Wildman–Crippen LogP) is 3.54. The summed E-state index contributed by atoms with van der Waals surface area (Å²) in [7, 11) is 0. The molecule has 0 aromatic carbocycles. The van der Waals surface area contributed by atoms with E-state index in [2.05, 4.69) is 17.2 Å². The van der Waals surface area contributed by atoms with Crippen LogP contribution in [0.15, 0.2) is 12.1 Å². The van der Waals surface area contributed by atoms with Crippen LogP contribution in [0.5, 0.6) is 5.75 Å². The van der Waals surface area contributed by atoms with Crippen LogP contribution in [0, 0.1) is 12.8 Å². The van der Waals surface area contributed by atoms with Gasteiger partial charge in [0.15, 0.2) is 0 Å². The Morgan fingerprint density at radius 1 is 1.26 bits per heavy atom. The van der Waals surface area contributed by atoms with E-state index in [1.54, 1.807) is 6.07 Å². The van der Waals surface area contributed by atoms with E-state index in [-0.39, 0.29) is 0 Å². The van der Waals surface area contributed by atoms with Crippen molar-refractivity contribution in [1.82, 2.24) is 10.3 Å². The Hall–Kier alpha value is -1.09. The van der Waals surface area contributed by atoms with Crippen molar-refractivity contribution in [3.8, 4) is 5.75 Å². The van der Waals surface area contributed by atoms with Crippen molar-refractivity contribution in [2.24, 2.45) is 5.92 Å². The number of hydrogen-bond donors (Lipinski definition) is 2. The molecule has 0 atom stereocenters. The smallest absolute Gasteiger partial charge is 0.138 e. The first-order valence-corrected chi connectivity index (χ1v) is 7.58. The molecule has 106 valence electrons. The van der Waals surface area contributed by atoms with Crippen molar-refractivity contribution in [3.05, 3.63) is 23.5 Å². The van der Waals surface area contributed by atoms with Crippen LogP contribution in [0.4, 0.5) is 0 Å². The number of aromatic nitrogens is 1. The maximum Gasteiger partial charge on any atom is 0.138 e. The average Bonchev–Trinajstić information content (AvgIpc) is 2.42. The second-order valence-corrected chi connectivity index (χ2v) is 5.81. The third kappa shape index (κ3) is 4.20. The van der Waals surface area contributed by atoms with Crippen LogP contribution in [0.2, 0.25) is 0 Å². The quantitative estimate of drug-likeness (QED) is 0.853. The van der Waals surface area contributed by atoms with Gasteiger partial charge in [-0.2, -0.15) is 0 Å². The molecule has 2 N–H and O–H groups in total. The molecule has 0 aliphatic heterocycles. The Bertz CT molecular complexity index is 398.